The minimum atomic E-state index is -1.39. The van der Waals surface area contributed by atoms with Gasteiger partial charge in [-0.2, -0.15) is 0 Å². The van der Waals surface area contributed by atoms with Crippen LogP contribution < -0.4 is 5.32 Å². The van der Waals surface area contributed by atoms with Crippen LogP contribution >= 0.6 is 0 Å². The summed E-state index contributed by atoms with van der Waals surface area (Å²) in [5, 5.41) is 12.8. The monoisotopic (exact) mass is 264 g/mol. The summed E-state index contributed by atoms with van der Waals surface area (Å²) in [6.07, 6.45) is -0.187. The fourth-order valence-electron chi connectivity index (χ4n) is 2.71. The molecular weight excluding hydrogens is 251 g/mol. The summed E-state index contributed by atoms with van der Waals surface area (Å²) >= 11 is 0. The van der Waals surface area contributed by atoms with Crippen molar-refractivity contribution >= 4 is 11.8 Å². The number of nitrogens with zero attached hydrogens (tertiary/aromatic N) is 1. The predicted octanol–water partition coefficient (Wildman–Crippen LogP) is 0.551. The second-order valence-electron chi connectivity index (χ2n) is 4.74. The van der Waals surface area contributed by atoms with Crippen LogP contribution in [0.5, 0.6) is 0 Å². The number of aliphatic hydroxyl groups excluding tert-OH is 1. The van der Waals surface area contributed by atoms with Gasteiger partial charge in [-0.3, -0.25) is 14.5 Å². The maximum absolute atomic E-state index is 13.7. The standard InChI is InChI=1S/C13H13FN2O3/c14-8-4-1-3-7-10(8)13(19)16(12(7)18)9-5-2-6-15-11(9)17/h1,3-4,9,13,19H,2,5-6H2,(H,15,17). The molecule has 1 aromatic rings. The molecule has 2 atom stereocenters. The largest absolute Gasteiger partial charge is 0.369 e. The highest BCUT2D eigenvalue weighted by Gasteiger charge is 2.44. The van der Waals surface area contributed by atoms with Gasteiger partial charge in [0.15, 0.2) is 6.23 Å². The normalized spacial score (nSPS) is 26.3. The van der Waals surface area contributed by atoms with E-state index in [2.05, 4.69) is 5.32 Å². The molecule has 2 N–H and O–H groups in total. The third-order valence-corrected chi connectivity index (χ3v) is 3.63. The maximum Gasteiger partial charge on any atom is 0.257 e. The maximum atomic E-state index is 13.7. The number of hydrogen-bond donors (Lipinski definition) is 2. The number of piperidine rings is 1. The minimum Gasteiger partial charge on any atom is -0.369 e. The smallest absolute Gasteiger partial charge is 0.257 e. The number of hydrogen-bond acceptors (Lipinski definition) is 3. The van der Waals surface area contributed by atoms with Crippen LogP contribution in [0.3, 0.4) is 0 Å². The van der Waals surface area contributed by atoms with E-state index in [4.69, 9.17) is 0 Å². The van der Waals surface area contributed by atoms with Gasteiger partial charge in [0.25, 0.3) is 5.91 Å². The summed E-state index contributed by atoms with van der Waals surface area (Å²) in [6.45, 7) is 0.564. The molecule has 5 nitrogen and oxygen atoms in total. The van der Waals surface area contributed by atoms with Crippen LogP contribution in [0.1, 0.15) is 35.0 Å². The van der Waals surface area contributed by atoms with Gasteiger partial charge in [-0.15, -0.1) is 0 Å². The summed E-state index contributed by atoms with van der Waals surface area (Å²) < 4.78 is 13.7. The lowest BCUT2D eigenvalue weighted by Gasteiger charge is -2.32. The Kier molecular flexibility index (Phi) is 2.74. The first kappa shape index (κ1) is 12.1. The molecule has 6 heteroatoms. The molecule has 2 aliphatic heterocycles. The van der Waals surface area contributed by atoms with Gasteiger partial charge in [-0.25, -0.2) is 4.39 Å². The number of carbonyl (C=O) groups is 2. The number of nitrogens with one attached hydrogen (secondary N) is 1. The van der Waals surface area contributed by atoms with E-state index in [-0.39, 0.29) is 17.0 Å². The molecule has 1 aromatic carbocycles. The Hall–Kier alpha value is -1.95. The van der Waals surface area contributed by atoms with E-state index in [0.29, 0.717) is 13.0 Å². The Labute approximate surface area is 109 Å². The van der Waals surface area contributed by atoms with Crippen molar-refractivity contribution in [2.24, 2.45) is 0 Å². The Morgan fingerprint density at radius 1 is 1.37 bits per heavy atom. The van der Waals surface area contributed by atoms with E-state index in [1.165, 1.54) is 18.2 Å². The van der Waals surface area contributed by atoms with Crippen LogP contribution in [0.25, 0.3) is 0 Å². The minimum absolute atomic E-state index is 0.0362. The average Bonchev–Trinajstić information content (AvgIpc) is 2.64. The second-order valence-corrected chi connectivity index (χ2v) is 4.74. The highest BCUT2D eigenvalue weighted by Crippen LogP contribution is 2.36. The molecule has 0 radical (unpaired) electrons. The van der Waals surface area contributed by atoms with Gasteiger partial charge in [0.05, 0.1) is 5.56 Å². The zero-order chi connectivity index (χ0) is 13.6. The molecule has 100 valence electrons. The van der Waals surface area contributed by atoms with Crippen LogP contribution in [-0.4, -0.2) is 34.4 Å². The summed E-state index contributed by atoms with van der Waals surface area (Å²) in [6, 6.07) is 3.34. The number of aliphatic hydroxyl groups is 1. The molecule has 0 aromatic heterocycles. The van der Waals surface area contributed by atoms with E-state index in [1.807, 2.05) is 0 Å². The first-order chi connectivity index (χ1) is 9.11. The Bertz CT molecular complexity index is 561. The lowest BCUT2D eigenvalue weighted by atomic mass is 10.1. The Morgan fingerprint density at radius 3 is 2.84 bits per heavy atom. The van der Waals surface area contributed by atoms with E-state index in [0.717, 1.165) is 11.3 Å². The van der Waals surface area contributed by atoms with Gasteiger partial charge in [0, 0.05) is 12.1 Å². The van der Waals surface area contributed by atoms with Crippen molar-refractivity contribution in [1.82, 2.24) is 10.2 Å². The van der Waals surface area contributed by atoms with Crippen LogP contribution in [0.2, 0.25) is 0 Å². The zero-order valence-electron chi connectivity index (χ0n) is 10.1. The van der Waals surface area contributed by atoms with Crippen molar-refractivity contribution in [2.45, 2.75) is 25.1 Å². The molecule has 1 fully saturated rings. The average molecular weight is 264 g/mol. The molecule has 0 aliphatic carbocycles. The number of rotatable bonds is 1. The van der Waals surface area contributed by atoms with Crippen molar-refractivity contribution < 1.29 is 19.1 Å². The van der Waals surface area contributed by atoms with Crippen LogP contribution in [0.4, 0.5) is 4.39 Å². The molecular formula is C13H13FN2O3. The summed E-state index contributed by atoms with van der Waals surface area (Å²) in [5.74, 6) is -1.42. The molecule has 0 bridgehead atoms. The molecule has 2 heterocycles. The van der Waals surface area contributed by atoms with Gasteiger partial charge < -0.3 is 10.4 Å². The van der Waals surface area contributed by atoms with E-state index in [1.54, 1.807) is 0 Å². The fourth-order valence-corrected chi connectivity index (χ4v) is 2.71. The lowest BCUT2D eigenvalue weighted by Crippen LogP contribution is -2.51. The highest BCUT2D eigenvalue weighted by atomic mass is 19.1. The van der Waals surface area contributed by atoms with Crippen molar-refractivity contribution in [2.75, 3.05) is 6.54 Å². The van der Waals surface area contributed by atoms with Gasteiger partial charge in [0.1, 0.15) is 11.9 Å². The first-order valence-electron chi connectivity index (χ1n) is 6.18. The van der Waals surface area contributed by atoms with Gasteiger partial charge in [0.2, 0.25) is 5.91 Å². The van der Waals surface area contributed by atoms with Crippen LogP contribution in [-0.2, 0) is 4.79 Å². The van der Waals surface area contributed by atoms with Crippen molar-refractivity contribution in [3.05, 3.63) is 35.1 Å². The fraction of sp³-hybridized carbons (Fsp3) is 0.385. The molecule has 1 saturated heterocycles. The molecule has 2 amide bonds. The lowest BCUT2D eigenvalue weighted by molar-refractivity contribution is -0.131. The Morgan fingerprint density at radius 2 is 2.16 bits per heavy atom. The quantitative estimate of drug-likeness (QED) is 0.778. The number of amides is 2. The summed E-state index contributed by atoms with van der Waals surface area (Å²) in [7, 11) is 0. The second kappa shape index (κ2) is 4.31. The first-order valence-corrected chi connectivity index (χ1v) is 6.18. The van der Waals surface area contributed by atoms with Crippen molar-refractivity contribution in [1.29, 1.82) is 0 Å². The van der Waals surface area contributed by atoms with Crippen molar-refractivity contribution in [3.8, 4) is 0 Å². The van der Waals surface area contributed by atoms with Crippen LogP contribution in [0, 0.1) is 5.82 Å². The Balaban J connectivity index is 2.00. The molecule has 0 spiro atoms. The molecule has 2 unspecified atom stereocenters. The third kappa shape index (κ3) is 1.71. The highest BCUT2D eigenvalue weighted by molar-refractivity contribution is 6.01. The summed E-state index contributed by atoms with van der Waals surface area (Å²) in [4.78, 5) is 25.1. The van der Waals surface area contributed by atoms with Gasteiger partial charge in [-0.1, -0.05) is 6.07 Å². The molecule has 0 saturated carbocycles. The van der Waals surface area contributed by atoms with Crippen LogP contribution in [0.15, 0.2) is 18.2 Å². The number of benzene rings is 1. The molecule has 3 rings (SSSR count). The molecule has 19 heavy (non-hydrogen) atoms. The van der Waals surface area contributed by atoms with E-state index in [9.17, 15) is 19.1 Å². The third-order valence-electron chi connectivity index (χ3n) is 3.63. The van der Waals surface area contributed by atoms with Crippen molar-refractivity contribution in [3.63, 3.8) is 0 Å². The molecule has 2 aliphatic rings. The zero-order valence-corrected chi connectivity index (χ0v) is 10.1. The number of halogens is 1. The summed E-state index contributed by atoms with van der Waals surface area (Å²) in [5.41, 5.74) is 0.0942. The predicted molar refractivity (Wildman–Crippen MR) is 63.6 cm³/mol. The van der Waals surface area contributed by atoms with Gasteiger partial charge in [-0.05, 0) is 25.0 Å². The topological polar surface area (TPSA) is 69.6 Å². The van der Waals surface area contributed by atoms with E-state index < -0.39 is 24.0 Å². The number of carbonyl (C=O) groups excluding carboxylic acids is 2. The van der Waals surface area contributed by atoms with E-state index >= 15 is 0 Å². The SMILES string of the molecule is O=C1NCCCC1N1C(=O)c2cccc(F)c2C1O. The van der Waals surface area contributed by atoms with Gasteiger partial charge >= 0.3 is 0 Å². The number of fused-ring (bicyclic) bond motifs is 1.